The SMILES string of the molecule is COc1ccc(CN/C=C2\CN=Cc3ccc(-c4cn[nH]c4)cc32)cc1O. The number of H-pyrrole nitrogens is 1. The van der Waals surface area contributed by atoms with Crippen molar-refractivity contribution in [2.45, 2.75) is 6.54 Å². The summed E-state index contributed by atoms with van der Waals surface area (Å²) in [6, 6.07) is 11.7. The van der Waals surface area contributed by atoms with Crippen LogP contribution in [0, 0.1) is 0 Å². The van der Waals surface area contributed by atoms with Gasteiger partial charge < -0.3 is 15.2 Å². The summed E-state index contributed by atoms with van der Waals surface area (Å²) >= 11 is 0. The van der Waals surface area contributed by atoms with Gasteiger partial charge in [0.2, 0.25) is 0 Å². The van der Waals surface area contributed by atoms with Gasteiger partial charge in [0.15, 0.2) is 11.5 Å². The lowest BCUT2D eigenvalue weighted by atomic mass is 9.94. The number of fused-ring (bicyclic) bond motifs is 1. The molecule has 3 N–H and O–H groups in total. The molecule has 3 aromatic rings. The Labute approximate surface area is 157 Å². The fraction of sp³-hybridized carbons (Fsp3) is 0.143. The van der Waals surface area contributed by atoms with Gasteiger partial charge in [-0.2, -0.15) is 5.10 Å². The van der Waals surface area contributed by atoms with E-state index >= 15 is 0 Å². The fourth-order valence-electron chi connectivity index (χ4n) is 3.12. The number of ether oxygens (including phenoxy) is 1. The minimum atomic E-state index is 0.141. The first-order chi connectivity index (χ1) is 13.2. The maximum Gasteiger partial charge on any atom is 0.160 e. The number of aromatic nitrogens is 2. The number of rotatable bonds is 5. The van der Waals surface area contributed by atoms with Crippen molar-refractivity contribution in [1.82, 2.24) is 15.5 Å². The number of aromatic hydroxyl groups is 1. The molecule has 0 spiro atoms. The highest BCUT2D eigenvalue weighted by molar-refractivity contribution is 5.93. The lowest BCUT2D eigenvalue weighted by Crippen LogP contribution is -2.10. The van der Waals surface area contributed by atoms with Gasteiger partial charge in [0.1, 0.15) is 0 Å². The van der Waals surface area contributed by atoms with Crippen molar-refractivity contribution in [3.63, 3.8) is 0 Å². The van der Waals surface area contributed by atoms with Gasteiger partial charge in [-0.15, -0.1) is 0 Å². The minimum absolute atomic E-state index is 0.141. The van der Waals surface area contributed by atoms with Crippen LogP contribution in [-0.2, 0) is 6.54 Å². The van der Waals surface area contributed by atoms with E-state index in [2.05, 4.69) is 38.7 Å². The monoisotopic (exact) mass is 360 g/mol. The van der Waals surface area contributed by atoms with Crippen LogP contribution in [0.5, 0.6) is 11.5 Å². The number of benzene rings is 2. The Hall–Kier alpha value is -3.54. The molecule has 2 aromatic carbocycles. The number of methoxy groups -OCH3 is 1. The maximum absolute atomic E-state index is 9.90. The Morgan fingerprint density at radius 2 is 2.15 bits per heavy atom. The number of phenols is 1. The predicted molar refractivity (Wildman–Crippen MR) is 106 cm³/mol. The third-order valence-corrected chi connectivity index (χ3v) is 4.55. The zero-order chi connectivity index (χ0) is 18.6. The van der Waals surface area contributed by atoms with Crippen LogP contribution in [0.1, 0.15) is 16.7 Å². The summed E-state index contributed by atoms with van der Waals surface area (Å²) in [7, 11) is 1.54. The van der Waals surface area contributed by atoms with Gasteiger partial charge >= 0.3 is 0 Å². The van der Waals surface area contributed by atoms with Gasteiger partial charge in [0, 0.05) is 30.7 Å². The van der Waals surface area contributed by atoms with E-state index in [1.165, 1.54) is 7.11 Å². The van der Waals surface area contributed by atoms with Crippen LogP contribution in [0.25, 0.3) is 16.7 Å². The number of aliphatic imine (C=N–C) groups is 1. The first-order valence-corrected chi connectivity index (χ1v) is 8.66. The van der Waals surface area contributed by atoms with E-state index in [1.54, 1.807) is 12.1 Å². The standard InChI is InChI=1S/C21H20N4O2/c1-27-21-5-2-14(6-20(21)26)8-22-10-18-11-23-9-16-4-3-15(7-19(16)18)17-12-24-25-13-17/h2-7,9-10,12-13,22,26H,8,11H2,1H3,(H,24,25)/b18-10+. The molecule has 4 rings (SSSR count). The van der Waals surface area contributed by atoms with Gasteiger partial charge in [0.25, 0.3) is 0 Å². The number of aromatic amines is 1. The molecule has 6 heteroatoms. The molecule has 6 nitrogen and oxygen atoms in total. The molecular formula is C21H20N4O2. The molecule has 0 aliphatic carbocycles. The van der Waals surface area contributed by atoms with Crippen molar-refractivity contribution in [2.75, 3.05) is 13.7 Å². The first kappa shape index (κ1) is 16.9. The topological polar surface area (TPSA) is 82.5 Å². The quantitative estimate of drug-likeness (QED) is 0.652. The zero-order valence-corrected chi connectivity index (χ0v) is 14.9. The maximum atomic E-state index is 9.90. The number of nitrogens with zero attached hydrogens (tertiary/aromatic N) is 2. The van der Waals surface area contributed by atoms with Crippen LogP contribution in [0.2, 0.25) is 0 Å². The Bertz CT molecular complexity index is 1010. The predicted octanol–water partition coefficient (Wildman–Crippen LogP) is 3.35. The lowest BCUT2D eigenvalue weighted by molar-refractivity contribution is 0.373. The highest BCUT2D eigenvalue weighted by Crippen LogP contribution is 2.28. The smallest absolute Gasteiger partial charge is 0.160 e. The molecule has 1 aliphatic heterocycles. The molecule has 0 unspecified atom stereocenters. The third kappa shape index (κ3) is 3.55. The van der Waals surface area contributed by atoms with Crippen LogP contribution in [0.15, 0.2) is 60.0 Å². The molecule has 0 amide bonds. The highest BCUT2D eigenvalue weighted by atomic mass is 16.5. The second-order valence-corrected chi connectivity index (χ2v) is 6.32. The fourth-order valence-corrected chi connectivity index (χ4v) is 3.12. The van der Waals surface area contributed by atoms with E-state index in [1.807, 2.05) is 30.9 Å². The van der Waals surface area contributed by atoms with Crippen molar-refractivity contribution >= 4 is 11.8 Å². The number of hydrogen-bond acceptors (Lipinski definition) is 5. The van der Waals surface area contributed by atoms with Gasteiger partial charge in [-0.3, -0.25) is 10.1 Å². The number of nitrogens with one attached hydrogen (secondary N) is 2. The first-order valence-electron chi connectivity index (χ1n) is 8.66. The van der Waals surface area contributed by atoms with E-state index in [0.717, 1.165) is 33.4 Å². The molecule has 0 saturated heterocycles. The van der Waals surface area contributed by atoms with Crippen LogP contribution in [0.4, 0.5) is 0 Å². The van der Waals surface area contributed by atoms with Crippen molar-refractivity contribution < 1.29 is 9.84 Å². The van der Waals surface area contributed by atoms with Crippen molar-refractivity contribution in [1.29, 1.82) is 0 Å². The summed E-state index contributed by atoms with van der Waals surface area (Å²) in [6.45, 7) is 1.23. The Morgan fingerprint density at radius 1 is 1.22 bits per heavy atom. The summed E-state index contributed by atoms with van der Waals surface area (Å²) in [4.78, 5) is 4.45. The lowest BCUT2D eigenvalue weighted by Gasteiger charge is -2.16. The molecule has 0 atom stereocenters. The zero-order valence-electron chi connectivity index (χ0n) is 14.9. The summed E-state index contributed by atoms with van der Waals surface area (Å²) in [5.41, 5.74) is 6.52. The molecule has 1 aromatic heterocycles. The van der Waals surface area contributed by atoms with Gasteiger partial charge in [0.05, 0.1) is 19.9 Å². The van der Waals surface area contributed by atoms with Crippen LogP contribution >= 0.6 is 0 Å². The average molecular weight is 360 g/mol. The molecule has 1 aliphatic rings. The van der Waals surface area contributed by atoms with Crippen LogP contribution < -0.4 is 10.1 Å². The second kappa shape index (κ2) is 7.37. The second-order valence-electron chi connectivity index (χ2n) is 6.32. The van der Waals surface area contributed by atoms with Crippen LogP contribution in [0.3, 0.4) is 0 Å². The van der Waals surface area contributed by atoms with Crippen molar-refractivity contribution in [2.24, 2.45) is 4.99 Å². The molecule has 0 radical (unpaired) electrons. The molecule has 27 heavy (non-hydrogen) atoms. The van der Waals surface area contributed by atoms with Gasteiger partial charge in [-0.05, 0) is 46.0 Å². The van der Waals surface area contributed by atoms with E-state index in [0.29, 0.717) is 18.8 Å². The minimum Gasteiger partial charge on any atom is -0.504 e. The van der Waals surface area contributed by atoms with Gasteiger partial charge in [-0.1, -0.05) is 18.2 Å². The highest BCUT2D eigenvalue weighted by Gasteiger charge is 2.12. The summed E-state index contributed by atoms with van der Waals surface area (Å²) < 4.78 is 5.08. The number of hydrogen-bond donors (Lipinski definition) is 3. The summed E-state index contributed by atoms with van der Waals surface area (Å²) in [6.07, 6.45) is 7.61. The molecule has 0 bridgehead atoms. The Kier molecular flexibility index (Phi) is 4.61. The summed E-state index contributed by atoms with van der Waals surface area (Å²) in [5.74, 6) is 0.612. The van der Waals surface area contributed by atoms with Gasteiger partial charge in [-0.25, -0.2) is 0 Å². The molecular weight excluding hydrogens is 340 g/mol. The Balaban J connectivity index is 1.54. The summed E-state index contributed by atoms with van der Waals surface area (Å²) in [5, 5.41) is 20.1. The molecule has 0 fully saturated rings. The molecule has 136 valence electrons. The van der Waals surface area contributed by atoms with Crippen molar-refractivity contribution in [3.8, 4) is 22.6 Å². The van der Waals surface area contributed by atoms with Crippen molar-refractivity contribution in [3.05, 3.63) is 71.7 Å². The molecule has 2 heterocycles. The average Bonchev–Trinajstić information content (AvgIpc) is 3.23. The van der Waals surface area contributed by atoms with E-state index < -0.39 is 0 Å². The normalized spacial score (nSPS) is 14.2. The van der Waals surface area contributed by atoms with Crippen LogP contribution in [-0.4, -0.2) is 35.2 Å². The van der Waals surface area contributed by atoms with E-state index in [-0.39, 0.29) is 5.75 Å². The Morgan fingerprint density at radius 3 is 2.93 bits per heavy atom. The van der Waals surface area contributed by atoms with E-state index in [9.17, 15) is 5.11 Å². The number of phenolic OH excluding ortho intramolecular Hbond substituents is 1. The largest absolute Gasteiger partial charge is 0.504 e. The molecule has 0 saturated carbocycles. The van der Waals surface area contributed by atoms with E-state index in [4.69, 9.17) is 4.74 Å². The third-order valence-electron chi connectivity index (χ3n) is 4.55.